The zero-order chi connectivity index (χ0) is 10.3. The molecule has 1 aliphatic heterocycles. The fraction of sp³-hybridized carbons (Fsp3) is 0.455. The van der Waals surface area contributed by atoms with Crippen LogP contribution in [-0.2, 0) is 11.2 Å². The van der Waals surface area contributed by atoms with Gasteiger partial charge in [0.2, 0.25) is 0 Å². The molecule has 3 heteroatoms. The first-order valence-corrected chi connectivity index (χ1v) is 4.85. The molecule has 1 heterocycles. The van der Waals surface area contributed by atoms with Crippen LogP contribution in [0.2, 0.25) is 0 Å². The van der Waals surface area contributed by atoms with Crippen LogP contribution >= 0.6 is 0 Å². The van der Waals surface area contributed by atoms with Gasteiger partial charge in [-0.3, -0.25) is 0 Å². The van der Waals surface area contributed by atoms with Gasteiger partial charge < -0.3 is 16.2 Å². The Labute approximate surface area is 84.0 Å². The Morgan fingerprint density at radius 2 is 2.00 bits per heavy atom. The highest BCUT2D eigenvalue weighted by Crippen LogP contribution is 2.29. The fourth-order valence-electron chi connectivity index (χ4n) is 1.63. The smallest absolute Gasteiger partial charge is 0.0850 e. The van der Waals surface area contributed by atoms with Gasteiger partial charge in [-0.1, -0.05) is 6.07 Å². The van der Waals surface area contributed by atoms with Gasteiger partial charge in [0.05, 0.1) is 24.1 Å². The topological polar surface area (TPSA) is 64.6 Å². The summed E-state index contributed by atoms with van der Waals surface area (Å²) in [6.07, 6.45) is 1.25. The average molecular weight is 192 g/mol. The quantitative estimate of drug-likeness (QED) is 0.550. The molecule has 1 fully saturated rings. The third kappa shape index (κ3) is 1.55. The normalized spacial score (nSPS) is 19.7. The summed E-state index contributed by atoms with van der Waals surface area (Å²) in [7, 11) is 0. The molecule has 1 aliphatic rings. The summed E-state index contributed by atoms with van der Waals surface area (Å²) in [6.45, 7) is 4.91. The molecule has 1 aromatic carbocycles. The summed E-state index contributed by atoms with van der Waals surface area (Å²) in [5.74, 6) is 0. The van der Waals surface area contributed by atoms with E-state index in [1.807, 2.05) is 6.92 Å². The van der Waals surface area contributed by atoms with Crippen molar-refractivity contribution in [2.24, 2.45) is 0 Å². The first-order valence-electron chi connectivity index (χ1n) is 4.85. The number of aryl methyl sites for hydroxylation is 1. The molecular weight excluding hydrogens is 176 g/mol. The highest BCUT2D eigenvalue weighted by atomic mass is 16.6. The van der Waals surface area contributed by atoms with E-state index in [1.165, 1.54) is 5.56 Å². The van der Waals surface area contributed by atoms with E-state index < -0.39 is 0 Å². The average Bonchev–Trinajstić information content (AvgIpc) is 2.94. The molecule has 2 rings (SSSR count). The summed E-state index contributed by atoms with van der Waals surface area (Å²) in [5.41, 5.74) is 16.7. The van der Waals surface area contributed by atoms with E-state index in [4.69, 9.17) is 16.2 Å². The molecule has 1 unspecified atom stereocenters. The fourth-order valence-corrected chi connectivity index (χ4v) is 1.63. The maximum Gasteiger partial charge on any atom is 0.0850 e. The monoisotopic (exact) mass is 192 g/mol. The van der Waals surface area contributed by atoms with Crippen molar-refractivity contribution in [3.8, 4) is 0 Å². The largest absolute Gasteiger partial charge is 0.397 e. The summed E-state index contributed by atoms with van der Waals surface area (Å²) >= 11 is 0. The van der Waals surface area contributed by atoms with Crippen LogP contribution in [0, 0.1) is 13.8 Å². The van der Waals surface area contributed by atoms with Crippen LogP contribution in [0.15, 0.2) is 6.07 Å². The van der Waals surface area contributed by atoms with E-state index in [9.17, 15) is 0 Å². The van der Waals surface area contributed by atoms with Gasteiger partial charge in [0.25, 0.3) is 0 Å². The van der Waals surface area contributed by atoms with E-state index in [-0.39, 0.29) is 0 Å². The van der Waals surface area contributed by atoms with Crippen molar-refractivity contribution < 1.29 is 4.74 Å². The number of epoxide rings is 1. The molecule has 0 saturated carbocycles. The lowest BCUT2D eigenvalue weighted by Gasteiger charge is -2.12. The summed E-state index contributed by atoms with van der Waals surface area (Å²) < 4.78 is 5.18. The predicted molar refractivity (Wildman–Crippen MR) is 58.2 cm³/mol. The number of hydrogen-bond donors (Lipinski definition) is 2. The van der Waals surface area contributed by atoms with Gasteiger partial charge in [0, 0.05) is 6.42 Å². The molecule has 76 valence electrons. The lowest BCUT2D eigenvalue weighted by molar-refractivity contribution is 0.408. The van der Waals surface area contributed by atoms with Gasteiger partial charge in [-0.05, 0) is 30.5 Å². The van der Waals surface area contributed by atoms with Gasteiger partial charge in [0.1, 0.15) is 0 Å². The third-order valence-corrected chi connectivity index (χ3v) is 2.87. The number of benzene rings is 1. The van der Waals surface area contributed by atoms with Gasteiger partial charge in [-0.25, -0.2) is 0 Å². The second-order valence-electron chi connectivity index (χ2n) is 3.96. The van der Waals surface area contributed by atoms with E-state index in [2.05, 4.69) is 13.0 Å². The summed E-state index contributed by atoms with van der Waals surface area (Å²) in [6, 6.07) is 2.11. The molecule has 0 bridgehead atoms. The van der Waals surface area contributed by atoms with Gasteiger partial charge >= 0.3 is 0 Å². The number of anilines is 2. The Morgan fingerprint density at radius 3 is 2.57 bits per heavy atom. The maximum atomic E-state index is 5.95. The molecule has 1 aromatic rings. The van der Waals surface area contributed by atoms with Crippen molar-refractivity contribution in [3.63, 3.8) is 0 Å². The molecule has 4 N–H and O–H groups in total. The highest BCUT2D eigenvalue weighted by molar-refractivity contribution is 5.72. The van der Waals surface area contributed by atoms with Crippen LogP contribution in [0.3, 0.4) is 0 Å². The van der Waals surface area contributed by atoms with Crippen molar-refractivity contribution in [2.45, 2.75) is 26.4 Å². The van der Waals surface area contributed by atoms with E-state index in [1.54, 1.807) is 0 Å². The minimum absolute atomic E-state index is 0.360. The van der Waals surface area contributed by atoms with Gasteiger partial charge in [-0.15, -0.1) is 0 Å². The molecule has 3 nitrogen and oxygen atoms in total. The minimum Gasteiger partial charge on any atom is -0.397 e. The zero-order valence-electron chi connectivity index (χ0n) is 8.63. The van der Waals surface area contributed by atoms with Crippen LogP contribution < -0.4 is 11.5 Å². The van der Waals surface area contributed by atoms with E-state index in [0.717, 1.165) is 35.5 Å². The molecule has 1 saturated heterocycles. The SMILES string of the molecule is Cc1cc(CC2CO2)c(N)c(N)c1C. The van der Waals surface area contributed by atoms with Crippen LogP contribution in [0.4, 0.5) is 11.4 Å². The first kappa shape index (κ1) is 9.34. The molecule has 1 atom stereocenters. The minimum atomic E-state index is 0.360. The lowest BCUT2D eigenvalue weighted by Crippen LogP contribution is -2.06. The third-order valence-electron chi connectivity index (χ3n) is 2.87. The highest BCUT2D eigenvalue weighted by Gasteiger charge is 2.24. The Bertz CT molecular complexity index is 370. The van der Waals surface area contributed by atoms with Crippen LogP contribution in [-0.4, -0.2) is 12.7 Å². The Hall–Kier alpha value is -1.22. The van der Waals surface area contributed by atoms with Gasteiger partial charge in [-0.2, -0.15) is 0 Å². The number of nitrogens with two attached hydrogens (primary N) is 2. The van der Waals surface area contributed by atoms with Gasteiger partial charge in [0.15, 0.2) is 0 Å². The maximum absolute atomic E-state index is 5.95. The van der Waals surface area contributed by atoms with Crippen molar-refractivity contribution >= 4 is 11.4 Å². The Balaban J connectivity index is 2.38. The second-order valence-corrected chi connectivity index (χ2v) is 3.96. The standard InChI is InChI=1S/C11H16N2O/c1-6-3-8(4-9-5-14-9)11(13)10(12)7(6)2/h3,9H,4-5,12-13H2,1-2H3. The molecular formula is C11H16N2O. The molecule has 0 aromatic heterocycles. The van der Waals surface area contributed by atoms with Crippen molar-refractivity contribution in [1.82, 2.24) is 0 Å². The lowest BCUT2D eigenvalue weighted by atomic mass is 9.99. The zero-order valence-corrected chi connectivity index (χ0v) is 8.63. The van der Waals surface area contributed by atoms with E-state index in [0.29, 0.717) is 6.10 Å². The number of ether oxygens (including phenoxy) is 1. The number of nitrogen functional groups attached to an aromatic ring is 2. The second kappa shape index (κ2) is 3.17. The van der Waals surface area contributed by atoms with Crippen molar-refractivity contribution in [2.75, 3.05) is 18.1 Å². The van der Waals surface area contributed by atoms with Crippen molar-refractivity contribution in [1.29, 1.82) is 0 Å². The Morgan fingerprint density at radius 1 is 1.36 bits per heavy atom. The molecule has 0 spiro atoms. The molecule has 0 aliphatic carbocycles. The van der Waals surface area contributed by atoms with Crippen LogP contribution in [0.5, 0.6) is 0 Å². The van der Waals surface area contributed by atoms with Crippen LogP contribution in [0.25, 0.3) is 0 Å². The number of hydrogen-bond acceptors (Lipinski definition) is 3. The molecule has 14 heavy (non-hydrogen) atoms. The van der Waals surface area contributed by atoms with Crippen LogP contribution in [0.1, 0.15) is 16.7 Å². The summed E-state index contributed by atoms with van der Waals surface area (Å²) in [5, 5.41) is 0. The Kier molecular flexibility index (Phi) is 2.11. The van der Waals surface area contributed by atoms with E-state index >= 15 is 0 Å². The van der Waals surface area contributed by atoms with Crippen molar-refractivity contribution in [3.05, 3.63) is 22.8 Å². The molecule has 0 radical (unpaired) electrons. The predicted octanol–water partition coefficient (Wildman–Crippen LogP) is 1.41. The molecule has 0 amide bonds. The number of rotatable bonds is 2. The first-order chi connectivity index (χ1) is 6.59. The summed E-state index contributed by atoms with van der Waals surface area (Å²) in [4.78, 5) is 0.